The number of hydrogen-bond acceptors (Lipinski definition) is 1. The highest BCUT2D eigenvalue weighted by atomic mass is 32.1. The van der Waals surface area contributed by atoms with Crippen LogP contribution >= 0.6 is 12.2 Å². The lowest BCUT2D eigenvalue weighted by molar-refractivity contribution is -0.396. The predicted molar refractivity (Wildman–Crippen MR) is 73.6 cm³/mol. The molecule has 144 valence electrons. The van der Waals surface area contributed by atoms with E-state index in [9.17, 15) is 39.5 Å². The quantitative estimate of drug-likeness (QED) is 0.519. The smallest absolute Gasteiger partial charge is 0.363 e. The van der Waals surface area contributed by atoms with E-state index in [1.807, 2.05) is 0 Å². The number of rotatable bonds is 6. The second kappa shape index (κ2) is 7.12. The molecule has 0 aliphatic heterocycles. The van der Waals surface area contributed by atoms with Crippen LogP contribution in [0.5, 0.6) is 0 Å². The highest BCUT2D eigenvalue weighted by Gasteiger charge is 2.81. The molecule has 0 aliphatic rings. The fourth-order valence-electron chi connectivity index (χ4n) is 1.31. The zero-order valence-electron chi connectivity index (χ0n) is 12.9. The number of thiocarbonyl (C=S) groups is 1. The number of alkyl halides is 9. The van der Waals surface area contributed by atoms with Gasteiger partial charge in [-0.2, -0.15) is 39.5 Å². The van der Waals surface area contributed by atoms with Crippen molar-refractivity contribution < 1.29 is 39.5 Å². The summed E-state index contributed by atoms with van der Waals surface area (Å²) >= 11 is 4.65. The third-order valence-corrected chi connectivity index (χ3v) is 3.00. The van der Waals surface area contributed by atoms with Crippen LogP contribution in [0.2, 0.25) is 0 Å². The first-order valence-corrected chi connectivity index (χ1v) is 6.98. The van der Waals surface area contributed by atoms with E-state index in [1.54, 1.807) is 20.8 Å². The molecule has 0 aromatic heterocycles. The van der Waals surface area contributed by atoms with Crippen LogP contribution in [0.15, 0.2) is 0 Å². The van der Waals surface area contributed by atoms with Crippen LogP contribution in [-0.2, 0) is 0 Å². The molecule has 0 amide bonds. The topological polar surface area (TPSA) is 24.1 Å². The molecule has 0 spiro atoms. The van der Waals surface area contributed by atoms with E-state index in [0.717, 1.165) is 0 Å². The molecule has 12 heteroatoms. The Morgan fingerprint density at radius 3 is 1.62 bits per heavy atom. The Labute approximate surface area is 138 Å². The molecule has 0 atom stereocenters. The van der Waals surface area contributed by atoms with Crippen LogP contribution in [0.25, 0.3) is 0 Å². The van der Waals surface area contributed by atoms with E-state index in [-0.39, 0.29) is 17.1 Å². The first kappa shape index (κ1) is 23.1. The minimum Gasteiger partial charge on any atom is -0.363 e. The summed E-state index contributed by atoms with van der Waals surface area (Å²) in [5.74, 6) is -19.1. The van der Waals surface area contributed by atoms with Crippen molar-refractivity contribution in [2.24, 2.45) is 5.41 Å². The second-order valence-corrected chi connectivity index (χ2v) is 6.68. The third kappa shape index (κ3) is 5.55. The average Bonchev–Trinajstić information content (AvgIpc) is 2.33. The van der Waals surface area contributed by atoms with E-state index >= 15 is 0 Å². The second-order valence-electron chi connectivity index (χ2n) is 6.27. The van der Waals surface area contributed by atoms with Gasteiger partial charge in [0.25, 0.3) is 0 Å². The van der Waals surface area contributed by atoms with Gasteiger partial charge in [0.2, 0.25) is 0 Å². The minimum atomic E-state index is -6.87. The van der Waals surface area contributed by atoms with Gasteiger partial charge in [0, 0.05) is 19.5 Å². The fraction of sp³-hybridized carbons (Fsp3) is 0.917. The van der Waals surface area contributed by atoms with Crippen molar-refractivity contribution >= 4 is 17.3 Å². The molecule has 0 aromatic carbocycles. The van der Waals surface area contributed by atoms with Crippen molar-refractivity contribution in [3.05, 3.63) is 0 Å². The Balaban J connectivity index is 4.78. The highest BCUT2D eigenvalue weighted by Crippen LogP contribution is 2.53. The molecule has 0 saturated carbocycles. The molecule has 0 radical (unpaired) electrons. The maximum Gasteiger partial charge on any atom is 0.460 e. The predicted octanol–water partition coefficient (Wildman–Crippen LogP) is 4.35. The Morgan fingerprint density at radius 1 is 0.792 bits per heavy atom. The SMILES string of the molecule is CC(C)(C)CNC(=S)NCCC(F)(F)C(F)(F)C(F)(F)C(F)(F)F. The van der Waals surface area contributed by atoms with E-state index in [4.69, 9.17) is 0 Å². The molecular weight excluding hydrogens is 375 g/mol. The standard InChI is InChI=1S/C12H17F9N2S/c1-8(2,3)6-23-7(24)22-5-4-9(13,14)10(15,16)11(17,18)12(19,20)21/h4-6H2,1-3H3,(H2,22,23,24). The van der Waals surface area contributed by atoms with Gasteiger partial charge >= 0.3 is 23.9 Å². The zero-order valence-corrected chi connectivity index (χ0v) is 13.7. The number of nitrogens with one attached hydrogen (secondary N) is 2. The summed E-state index contributed by atoms with van der Waals surface area (Å²) in [5, 5.41) is 4.40. The van der Waals surface area contributed by atoms with Gasteiger partial charge in [0.05, 0.1) is 0 Å². The van der Waals surface area contributed by atoms with Gasteiger partial charge in [0.1, 0.15) is 0 Å². The lowest BCUT2D eigenvalue weighted by atomic mass is 9.97. The molecule has 0 bridgehead atoms. The Bertz CT molecular complexity index is 441. The van der Waals surface area contributed by atoms with Crippen LogP contribution < -0.4 is 10.6 Å². The van der Waals surface area contributed by atoms with Gasteiger partial charge in [-0.1, -0.05) is 20.8 Å². The zero-order chi connectivity index (χ0) is 19.6. The molecule has 2 nitrogen and oxygen atoms in total. The minimum absolute atomic E-state index is 0.216. The number of halogens is 9. The van der Waals surface area contributed by atoms with Gasteiger partial charge in [-0.15, -0.1) is 0 Å². The first-order valence-electron chi connectivity index (χ1n) is 6.57. The summed E-state index contributed by atoms with van der Waals surface area (Å²) < 4.78 is 113. The van der Waals surface area contributed by atoms with Gasteiger partial charge in [-0.05, 0) is 17.6 Å². The summed E-state index contributed by atoms with van der Waals surface area (Å²) in [5.41, 5.74) is -0.253. The molecular formula is C12H17F9N2S. The van der Waals surface area contributed by atoms with Gasteiger partial charge < -0.3 is 10.6 Å². The van der Waals surface area contributed by atoms with Crippen molar-refractivity contribution in [3.8, 4) is 0 Å². The van der Waals surface area contributed by atoms with Crippen molar-refractivity contribution in [1.82, 2.24) is 10.6 Å². The molecule has 0 aromatic rings. The average molecular weight is 392 g/mol. The monoisotopic (exact) mass is 392 g/mol. The van der Waals surface area contributed by atoms with Crippen molar-refractivity contribution in [2.75, 3.05) is 13.1 Å². The summed E-state index contributed by atoms with van der Waals surface area (Å²) in [7, 11) is 0. The molecule has 0 rings (SSSR count). The van der Waals surface area contributed by atoms with E-state index < -0.39 is 36.9 Å². The summed E-state index contributed by atoms with van der Waals surface area (Å²) in [6.07, 6.45) is -8.78. The van der Waals surface area contributed by atoms with E-state index in [2.05, 4.69) is 22.9 Å². The number of hydrogen-bond donors (Lipinski definition) is 2. The van der Waals surface area contributed by atoms with Crippen LogP contribution in [0.1, 0.15) is 27.2 Å². The summed E-state index contributed by atoms with van der Waals surface area (Å²) in [6, 6.07) is 0. The van der Waals surface area contributed by atoms with Crippen LogP contribution in [0, 0.1) is 5.41 Å². The summed E-state index contributed by atoms with van der Waals surface area (Å²) in [4.78, 5) is 0. The van der Waals surface area contributed by atoms with Gasteiger partial charge in [0.15, 0.2) is 5.11 Å². The van der Waals surface area contributed by atoms with Crippen molar-refractivity contribution in [3.63, 3.8) is 0 Å². The van der Waals surface area contributed by atoms with Gasteiger partial charge in [-0.25, -0.2) is 0 Å². The largest absolute Gasteiger partial charge is 0.460 e. The molecule has 24 heavy (non-hydrogen) atoms. The molecule has 0 aliphatic carbocycles. The Kier molecular flexibility index (Phi) is 6.84. The summed E-state index contributed by atoms with van der Waals surface area (Å²) in [6.45, 7) is 4.67. The normalized spacial score (nSPS) is 14.5. The van der Waals surface area contributed by atoms with E-state index in [1.165, 1.54) is 0 Å². The fourth-order valence-corrected chi connectivity index (χ4v) is 1.48. The lowest BCUT2D eigenvalue weighted by Gasteiger charge is -2.33. The van der Waals surface area contributed by atoms with E-state index in [0.29, 0.717) is 0 Å². The Hall–Kier alpha value is -0.940. The maximum atomic E-state index is 13.2. The first-order chi connectivity index (χ1) is 10.4. The van der Waals surface area contributed by atoms with Crippen LogP contribution in [0.4, 0.5) is 39.5 Å². The van der Waals surface area contributed by atoms with Crippen LogP contribution in [0.3, 0.4) is 0 Å². The molecule has 0 heterocycles. The van der Waals surface area contributed by atoms with Crippen LogP contribution in [-0.4, -0.2) is 42.1 Å². The molecule has 2 N–H and O–H groups in total. The third-order valence-electron chi connectivity index (χ3n) is 2.71. The lowest BCUT2D eigenvalue weighted by Crippen LogP contribution is -2.61. The molecule has 0 saturated heterocycles. The molecule has 0 unspecified atom stereocenters. The Morgan fingerprint density at radius 2 is 1.25 bits per heavy atom. The maximum absolute atomic E-state index is 13.2. The van der Waals surface area contributed by atoms with Crippen molar-refractivity contribution in [1.29, 1.82) is 0 Å². The molecule has 0 fully saturated rings. The highest BCUT2D eigenvalue weighted by molar-refractivity contribution is 7.80. The van der Waals surface area contributed by atoms with Gasteiger partial charge in [-0.3, -0.25) is 0 Å². The van der Waals surface area contributed by atoms with Crippen molar-refractivity contribution in [2.45, 2.75) is 51.1 Å².